The Labute approximate surface area is 137 Å². The fourth-order valence-corrected chi connectivity index (χ4v) is 2.22. The lowest BCUT2D eigenvalue weighted by atomic mass is 9.87. The van der Waals surface area contributed by atoms with E-state index in [2.05, 4.69) is 25.9 Å². The molecule has 5 nitrogen and oxygen atoms in total. The number of likely N-dealkylation sites (N-methyl/N-ethyl adjacent to an activating group) is 1. The van der Waals surface area contributed by atoms with Crippen LogP contribution in [0, 0.1) is 0 Å². The van der Waals surface area contributed by atoms with Crippen molar-refractivity contribution in [3.63, 3.8) is 0 Å². The third-order valence-corrected chi connectivity index (χ3v) is 3.69. The molecule has 0 saturated carbocycles. The second-order valence-corrected chi connectivity index (χ2v) is 6.84. The monoisotopic (exact) mass is 315 g/mol. The van der Waals surface area contributed by atoms with Gasteiger partial charge >= 0.3 is 0 Å². The molecule has 0 aliphatic heterocycles. The minimum absolute atomic E-state index is 0.0334. The normalized spacial score (nSPS) is 11.3. The summed E-state index contributed by atoms with van der Waals surface area (Å²) in [6.07, 6.45) is 3.66. The largest absolute Gasteiger partial charge is 0.484 e. The van der Waals surface area contributed by atoms with Crippen LogP contribution in [0.5, 0.6) is 5.75 Å². The van der Waals surface area contributed by atoms with Crippen molar-refractivity contribution in [3.05, 3.63) is 47.8 Å². The Bertz CT molecular complexity index is 654. The molecule has 23 heavy (non-hydrogen) atoms. The number of rotatable bonds is 5. The Kier molecular flexibility index (Phi) is 5.08. The van der Waals surface area contributed by atoms with Crippen molar-refractivity contribution >= 4 is 5.91 Å². The van der Waals surface area contributed by atoms with E-state index in [0.717, 1.165) is 5.56 Å². The van der Waals surface area contributed by atoms with Gasteiger partial charge in [-0.3, -0.25) is 9.48 Å². The lowest BCUT2D eigenvalue weighted by Crippen LogP contribution is -2.30. The van der Waals surface area contributed by atoms with E-state index < -0.39 is 0 Å². The molecule has 0 aliphatic carbocycles. The molecular formula is C18H25N3O2. The number of ether oxygens (including phenoxy) is 1. The van der Waals surface area contributed by atoms with Crippen molar-refractivity contribution in [2.45, 2.75) is 32.7 Å². The number of benzene rings is 1. The summed E-state index contributed by atoms with van der Waals surface area (Å²) < 4.78 is 7.31. The zero-order valence-corrected chi connectivity index (χ0v) is 14.5. The lowest BCUT2D eigenvalue weighted by Gasteiger charge is -2.19. The summed E-state index contributed by atoms with van der Waals surface area (Å²) in [4.78, 5) is 13.8. The highest BCUT2D eigenvalue weighted by Gasteiger charge is 2.14. The van der Waals surface area contributed by atoms with E-state index >= 15 is 0 Å². The summed E-state index contributed by atoms with van der Waals surface area (Å²) >= 11 is 0. The molecule has 0 bridgehead atoms. The number of amides is 1. The van der Waals surface area contributed by atoms with Crippen LogP contribution in [0.15, 0.2) is 36.7 Å². The second kappa shape index (κ2) is 6.86. The fourth-order valence-electron chi connectivity index (χ4n) is 2.22. The number of aromatic nitrogens is 2. The zero-order valence-electron chi connectivity index (χ0n) is 14.5. The van der Waals surface area contributed by atoms with Gasteiger partial charge in [-0.25, -0.2) is 0 Å². The average molecular weight is 315 g/mol. The highest BCUT2D eigenvalue weighted by atomic mass is 16.5. The molecule has 0 spiro atoms. The minimum atomic E-state index is -0.0613. The Balaban J connectivity index is 1.86. The van der Waals surface area contributed by atoms with Crippen molar-refractivity contribution in [1.82, 2.24) is 14.7 Å². The van der Waals surface area contributed by atoms with Gasteiger partial charge in [0, 0.05) is 32.4 Å². The van der Waals surface area contributed by atoms with E-state index in [1.54, 1.807) is 22.8 Å². The highest BCUT2D eigenvalue weighted by Crippen LogP contribution is 2.24. The molecule has 5 heteroatoms. The predicted molar refractivity (Wildman–Crippen MR) is 90.3 cm³/mol. The van der Waals surface area contributed by atoms with Crippen molar-refractivity contribution in [2.75, 3.05) is 13.7 Å². The average Bonchev–Trinajstić information content (AvgIpc) is 2.89. The van der Waals surface area contributed by atoms with E-state index in [0.29, 0.717) is 12.3 Å². The molecule has 2 rings (SSSR count). The Morgan fingerprint density at radius 1 is 1.26 bits per heavy atom. The van der Waals surface area contributed by atoms with Gasteiger partial charge in [-0.1, -0.05) is 32.9 Å². The molecule has 2 aromatic rings. The zero-order chi connectivity index (χ0) is 17.0. The number of aryl methyl sites for hydroxylation is 1. The topological polar surface area (TPSA) is 47.4 Å². The molecule has 0 atom stereocenters. The molecule has 1 heterocycles. The smallest absolute Gasteiger partial charge is 0.260 e. The molecule has 1 amide bonds. The summed E-state index contributed by atoms with van der Waals surface area (Å²) in [5.74, 6) is 0.648. The molecular weight excluding hydrogens is 290 g/mol. The maximum Gasteiger partial charge on any atom is 0.260 e. The van der Waals surface area contributed by atoms with Gasteiger partial charge in [0.05, 0.1) is 6.20 Å². The fraction of sp³-hybridized carbons (Fsp3) is 0.444. The molecule has 0 unspecified atom stereocenters. The van der Waals surface area contributed by atoms with E-state index in [4.69, 9.17) is 4.74 Å². The van der Waals surface area contributed by atoms with E-state index in [-0.39, 0.29) is 17.9 Å². The van der Waals surface area contributed by atoms with Crippen LogP contribution in [0.2, 0.25) is 0 Å². The van der Waals surface area contributed by atoms with Crippen molar-refractivity contribution < 1.29 is 9.53 Å². The van der Waals surface area contributed by atoms with Gasteiger partial charge in [-0.05, 0) is 23.1 Å². The number of hydrogen-bond donors (Lipinski definition) is 0. The van der Waals surface area contributed by atoms with Gasteiger partial charge in [0.25, 0.3) is 5.91 Å². The minimum Gasteiger partial charge on any atom is -0.484 e. The van der Waals surface area contributed by atoms with Crippen molar-refractivity contribution in [1.29, 1.82) is 0 Å². The lowest BCUT2D eigenvalue weighted by molar-refractivity contribution is -0.132. The second-order valence-electron chi connectivity index (χ2n) is 6.84. The maximum atomic E-state index is 12.1. The quantitative estimate of drug-likeness (QED) is 0.852. The number of carbonyl (C=O) groups is 1. The Morgan fingerprint density at radius 3 is 2.43 bits per heavy atom. The van der Waals surface area contributed by atoms with E-state index in [1.165, 1.54) is 5.56 Å². The van der Waals surface area contributed by atoms with Crippen molar-refractivity contribution in [3.8, 4) is 5.75 Å². The van der Waals surface area contributed by atoms with Crippen molar-refractivity contribution in [2.24, 2.45) is 7.05 Å². The third-order valence-electron chi connectivity index (χ3n) is 3.69. The van der Waals surface area contributed by atoms with Crippen LogP contribution in [0.3, 0.4) is 0 Å². The van der Waals surface area contributed by atoms with Gasteiger partial charge in [0.2, 0.25) is 0 Å². The van der Waals surface area contributed by atoms with Crippen LogP contribution in [0.4, 0.5) is 0 Å². The van der Waals surface area contributed by atoms with Gasteiger partial charge in [0.1, 0.15) is 5.75 Å². The third kappa shape index (κ3) is 4.84. The van der Waals surface area contributed by atoms with Gasteiger partial charge in [-0.15, -0.1) is 0 Å². The van der Waals surface area contributed by atoms with Crippen LogP contribution in [-0.4, -0.2) is 34.2 Å². The molecule has 0 N–H and O–H groups in total. The molecule has 0 saturated heterocycles. The molecule has 1 aromatic heterocycles. The van der Waals surface area contributed by atoms with Crippen LogP contribution in [-0.2, 0) is 23.8 Å². The van der Waals surface area contributed by atoms with Crippen LogP contribution in [0.25, 0.3) is 0 Å². The van der Waals surface area contributed by atoms with E-state index in [9.17, 15) is 4.79 Å². The number of hydrogen-bond acceptors (Lipinski definition) is 3. The first-order valence-corrected chi connectivity index (χ1v) is 7.70. The number of nitrogens with zero attached hydrogens (tertiary/aromatic N) is 3. The SMILES string of the molecule is CN(Cc1cnn(C)c1)C(=O)COc1ccc(C(C)(C)C)cc1. The highest BCUT2D eigenvalue weighted by molar-refractivity contribution is 5.77. The summed E-state index contributed by atoms with van der Waals surface area (Å²) in [5, 5.41) is 4.10. The van der Waals surface area contributed by atoms with E-state index in [1.807, 2.05) is 37.5 Å². The Hall–Kier alpha value is -2.30. The first-order valence-electron chi connectivity index (χ1n) is 7.70. The predicted octanol–water partition coefficient (Wildman–Crippen LogP) is 2.76. The summed E-state index contributed by atoms with van der Waals surface area (Å²) in [6, 6.07) is 7.91. The summed E-state index contributed by atoms with van der Waals surface area (Å²) in [6.45, 7) is 7.06. The van der Waals surface area contributed by atoms with Gasteiger partial charge in [0.15, 0.2) is 6.61 Å². The first kappa shape index (κ1) is 17.1. The number of carbonyl (C=O) groups excluding carboxylic acids is 1. The summed E-state index contributed by atoms with van der Waals surface area (Å²) in [5.41, 5.74) is 2.35. The molecule has 0 fully saturated rings. The van der Waals surface area contributed by atoms with Crippen LogP contribution in [0.1, 0.15) is 31.9 Å². The maximum absolute atomic E-state index is 12.1. The van der Waals surface area contributed by atoms with Crippen LogP contribution < -0.4 is 4.74 Å². The van der Waals surface area contributed by atoms with Crippen LogP contribution >= 0.6 is 0 Å². The van der Waals surface area contributed by atoms with Gasteiger partial charge in [-0.2, -0.15) is 5.10 Å². The molecule has 0 radical (unpaired) electrons. The molecule has 1 aromatic carbocycles. The Morgan fingerprint density at radius 2 is 1.91 bits per heavy atom. The molecule has 124 valence electrons. The first-order chi connectivity index (χ1) is 10.8. The molecule has 0 aliphatic rings. The van der Waals surface area contributed by atoms with Gasteiger partial charge < -0.3 is 9.64 Å². The summed E-state index contributed by atoms with van der Waals surface area (Å²) in [7, 11) is 3.62. The standard InChI is InChI=1S/C18H25N3O2/c1-18(2,3)15-6-8-16(9-7-15)23-13-17(22)20(4)11-14-10-19-21(5)12-14/h6-10,12H,11,13H2,1-5H3.